The quantitative estimate of drug-likeness (QED) is 0.743. The molecule has 1 amide bonds. The van der Waals surface area contributed by atoms with Gasteiger partial charge in [-0.25, -0.2) is 0 Å². The van der Waals surface area contributed by atoms with E-state index in [0.717, 1.165) is 11.4 Å². The number of rotatable bonds is 4. The zero-order valence-corrected chi connectivity index (χ0v) is 9.53. The van der Waals surface area contributed by atoms with Crippen LogP contribution in [-0.2, 0) is 6.54 Å². The summed E-state index contributed by atoms with van der Waals surface area (Å²) in [5, 5.41) is 12.5. The van der Waals surface area contributed by atoms with E-state index in [0.29, 0.717) is 12.1 Å². The van der Waals surface area contributed by atoms with Crippen molar-refractivity contribution < 1.29 is 4.79 Å². The van der Waals surface area contributed by atoms with Crippen LogP contribution in [0.25, 0.3) is 0 Å². The van der Waals surface area contributed by atoms with Gasteiger partial charge in [0.25, 0.3) is 5.91 Å². The van der Waals surface area contributed by atoms with Gasteiger partial charge < -0.3 is 10.6 Å². The molecule has 0 fully saturated rings. The highest BCUT2D eigenvalue weighted by Gasteiger charge is 2.03. The second-order valence-electron chi connectivity index (χ2n) is 3.60. The Morgan fingerprint density at radius 3 is 3.00 bits per heavy atom. The molecule has 1 aromatic carbocycles. The van der Waals surface area contributed by atoms with Crippen LogP contribution in [0, 0.1) is 0 Å². The Labute approximate surface area is 99.2 Å². The number of amides is 1. The summed E-state index contributed by atoms with van der Waals surface area (Å²) in [6, 6.07) is 9.26. The molecule has 0 atom stereocenters. The van der Waals surface area contributed by atoms with Crippen LogP contribution in [0.5, 0.6) is 0 Å². The Kier molecular flexibility index (Phi) is 3.40. The van der Waals surface area contributed by atoms with Crippen molar-refractivity contribution in [2.75, 3.05) is 12.4 Å². The maximum atomic E-state index is 11.4. The number of carbonyl (C=O) groups excluding carboxylic acids is 1. The lowest BCUT2D eigenvalue weighted by Crippen LogP contribution is -2.17. The first-order chi connectivity index (χ1) is 8.29. The summed E-state index contributed by atoms with van der Waals surface area (Å²) in [7, 11) is 1.62. The Balaban J connectivity index is 2.03. The van der Waals surface area contributed by atoms with E-state index in [4.69, 9.17) is 0 Å². The van der Waals surface area contributed by atoms with E-state index in [1.165, 1.54) is 0 Å². The lowest BCUT2D eigenvalue weighted by atomic mass is 10.2. The van der Waals surface area contributed by atoms with Gasteiger partial charge in [0.1, 0.15) is 0 Å². The van der Waals surface area contributed by atoms with Crippen LogP contribution in [0.1, 0.15) is 16.1 Å². The second kappa shape index (κ2) is 5.16. The molecule has 0 saturated heterocycles. The number of benzene rings is 1. The largest absolute Gasteiger partial charge is 0.379 e. The van der Waals surface area contributed by atoms with Crippen molar-refractivity contribution in [2.45, 2.75) is 6.54 Å². The minimum Gasteiger partial charge on any atom is -0.379 e. The molecule has 0 bridgehead atoms. The van der Waals surface area contributed by atoms with E-state index in [1.807, 2.05) is 24.3 Å². The number of nitrogens with one attached hydrogen (secondary N) is 3. The molecular weight excluding hydrogens is 216 g/mol. The monoisotopic (exact) mass is 230 g/mol. The number of aromatic nitrogens is 2. The summed E-state index contributed by atoms with van der Waals surface area (Å²) in [5.41, 5.74) is 2.54. The Bertz CT molecular complexity index is 493. The molecule has 2 rings (SSSR count). The van der Waals surface area contributed by atoms with Crippen molar-refractivity contribution in [3.8, 4) is 0 Å². The van der Waals surface area contributed by atoms with E-state index in [9.17, 15) is 4.79 Å². The van der Waals surface area contributed by atoms with Crippen LogP contribution in [0.4, 0.5) is 5.69 Å². The average molecular weight is 230 g/mol. The molecule has 88 valence electrons. The fourth-order valence-electron chi connectivity index (χ4n) is 1.50. The van der Waals surface area contributed by atoms with Crippen LogP contribution in [0.15, 0.2) is 36.5 Å². The summed E-state index contributed by atoms with van der Waals surface area (Å²) in [5.74, 6) is -0.0878. The number of aromatic amines is 1. The predicted molar refractivity (Wildman–Crippen MR) is 65.7 cm³/mol. The molecule has 2 aromatic rings. The van der Waals surface area contributed by atoms with Gasteiger partial charge in [-0.1, -0.05) is 6.07 Å². The van der Waals surface area contributed by atoms with Gasteiger partial charge in [-0.05, 0) is 24.3 Å². The molecule has 5 heteroatoms. The minimum atomic E-state index is -0.0878. The molecule has 17 heavy (non-hydrogen) atoms. The molecular formula is C12H14N4O. The van der Waals surface area contributed by atoms with Crippen molar-refractivity contribution in [1.82, 2.24) is 15.5 Å². The molecule has 0 saturated carbocycles. The van der Waals surface area contributed by atoms with Crippen LogP contribution in [0.3, 0.4) is 0 Å². The number of nitrogens with zero attached hydrogens (tertiary/aromatic N) is 1. The van der Waals surface area contributed by atoms with Crippen molar-refractivity contribution >= 4 is 11.6 Å². The summed E-state index contributed by atoms with van der Waals surface area (Å²) >= 11 is 0. The first-order valence-corrected chi connectivity index (χ1v) is 5.34. The number of anilines is 1. The van der Waals surface area contributed by atoms with E-state index >= 15 is 0 Å². The summed E-state index contributed by atoms with van der Waals surface area (Å²) < 4.78 is 0. The normalized spacial score (nSPS) is 9.94. The van der Waals surface area contributed by atoms with Gasteiger partial charge in [-0.2, -0.15) is 5.10 Å². The predicted octanol–water partition coefficient (Wildman–Crippen LogP) is 1.38. The molecule has 3 N–H and O–H groups in total. The van der Waals surface area contributed by atoms with Gasteiger partial charge >= 0.3 is 0 Å². The molecule has 5 nitrogen and oxygen atoms in total. The van der Waals surface area contributed by atoms with Crippen molar-refractivity contribution in [2.24, 2.45) is 0 Å². The van der Waals surface area contributed by atoms with Crippen LogP contribution in [0.2, 0.25) is 0 Å². The minimum absolute atomic E-state index is 0.0878. The van der Waals surface area contributed by atoms with Gasteiger partial charge in [0.15, 0.2) is 0 Å². The fourth-order valence-corrected chi connectivity index (χ4v) is 1.50. The molecule has 1 heterocycles. The Hall–Kier alpha value is -2.30. The summed E-state index contributed by atoms with van der Waals surface area (Å²) in [6.07, 6.45) is 1.71. The van der Waals surface area contributed by atoms with Crippen LogP contribution < -0.4 is 10.6 Å². The van der Waals surface area contributed by atoms with Gasteiger partial charge in [-0.3, -0.25) is 9.89 Å². The van der Waals surface area contributed by atoms with Gasteiger partial charge in [0.05, 0.1) is 12.2 Å². The number of hydrogen-bond donors (Lipinski definition) is 3. The fraction of sp³-hybridized carbons (Fsp3) is 0.167. The van der Waals surface area contributed by atoms with E-state index < -0.39 is 0 Å². The van der Waals surface area contributed by atoms with Crippen molar-refractivity contribution in [3.63, 3.8) is 0 Å². The van der Waals surface area contributed by atoms with Gasteiger partial charge in [-0.15, -0.1) is 0 Å². The third-order valence-electron chi connectivity index (χ3n) is 2.39. The molecule has 1 aromatic heterocycles. The average Bonchev–Trinajstić information content (AvgIpc) is 2.89. The highest BCUT2D eigenvalue weighted by molar-refractivity contribution is 5.94. The van der Waals surface area contributed by atoms with Crippen molar-refractivity contribution in [1.29, 1.82) is 0 Å². The third-order valence-corrected chi connectivity index (χ3v) is 2.39. The molecule has 0 spiro atoms. The number of carbonyl (C=O) groups is 1. The number of hydrogen-bond acceptors (Lipinski definition) is 3. The maximum Gasteiger partial charge on any atom is 0.251 e. The van der Waals surface area contributed by atoms with E-state index in [-0.39, 0.29) is 5.91 Å². The zero-order valence-electron chi connectivity index (χ0n) is 9.53. The first-order valence-electron chi connectivity index (χ1n) is 5.34. The Morgan fingerprint density at radius 2 is 2.29 bits per heavy atom. The lowest BCUT2D eigenvalue weighted by Gasteiger charge is -2.06. The Morgan fingerprint density at radius 1 is 1.41 bits per heavy atom. The van der Waals surface area contributed by atoms with Crippen LogP contribution in [-0.4, -0.2) is 23.2 Å². The first kappa shape index (κ1) is 11.2. The highest BCUT2D eigenvalue weighted by Crippen LogP contribution is 2.11. The molecule has 0 unspecified atom stereocenters. The summed E-state index contributed by atoms with van der Waals surface area (Å²) in [6.45, 7) is 0.650. The topological polar surface area (TPSA) is 69.8 Å². The smallest absolute Gasteiger partial charge is 0.251 e. The molecule has 0 aliphatic carbocycles. The zero-order chi connectivity index (χ0) is 12.1. The molecule has 0 radical (unpaired) electrons. The maximum absolute atomic E-state index is 11.4. The van der Waals surface area contributed by atoms with Crippen LogP contribution >= 0.6 is 0 Å². The standard InChI is InChI=1S/C12H14N4O/c1-13-12(17)9-3-2-4-10(7-9)14-8-11-5-6-15-16-11/h2-7,14H,8H2,1H3,(H,13,17)(H,15,16). The molecule has 0 aliphatic rings. The highest BCUT2D eigenvalue weighted by atomic mass is 16.1. The van der Waals surface area contributed by atoms with Crippen molar-refractivity contribution in [3.05, 3.63) is 47.8 Å². The van der Waals surface area contributed by atoms with E-state index in [1.54, 1.807) is 19.3 Å². The van der Waals surface area contributed by atoms with Gasteiger partial charge in [0.2, 0.25) is 0 Å². The third kappa shape index (κ3) is 2.84. The summed E-state index contributed by atoms with van der Waals surface area (Å²) in [4.78, 5) is 11.4. The second-order valence-corrected chi connectivity index (χ2v) is 3.60. The van der Waals surface area contributed by atoms with Gasteiger partial charge in [0, 0.05) is 24.5 Å². The lowest BCUT2D eigenvalue weighted by molar-refractivity contribution is 0.0963. The number of H-pyrrole nitrogens is 1. The molecule has 0 aliphatic heterocycles. The SMILES string of the molecule is CNC(=O)c1cccc(NCc2ccn[nH]2)c1. The van der Waals surface area contributed by atoms with E-state index in [2.05, 4.69) is 20.8 Å².